The van der Waals surface area contributed by atoms with E-state index in [1.807, 2.05) is 42.1 Å². The number of rotatable bonds is 7. The summed E-state index contributed by atoms with van der Waals surface area (Å²) >= 11 is 0. The van der Waals surface area contributed by atoms with Crippen LogP contribution in [0.1, 0.15) is 18.3 Å². The van der Waals surface area contributed by atoms with E-state index >= 15 is 0 Å². The van der Waals surface area contributed by atoms with Crippen molar-refractivity contribution in [2.75, 3.05) is 6.54 Å². The molecule has 0 atom stereocenters. The Balaban J connectivity index is 0.000000509. The average Bonchev–Trinajstić information content (AvgIpc) is 3.39. The lowest BCUT2D eigenvalue weighted by molar-refractivity contribution is -0.192. The first kappa shape index (κ1) is 26.4. The molecule has 0 fully saturated rings. The van der Waals surface area contributed by atoms with Gasteiger partial charge in [0.1, 0.15) is 5.82 Å². The van der Waals surface area contributed by atoms with Gasteiger partial charge in [-0.25, -0.2) is 14.7 Å². The van der Waals surface area contributed by atoms with Crippen LogP contribution in [0.3, 0.4) is 0 Å². The lowest BCUT2D eigenvalue weighted by Gasteiger charge is -2.08. The Labute approximate surface area is 189 Å². The first-order valence-electron chi connectivity index (χ1n) is 9.75. The van der Waals surface area contributed by atoms with Crippen molar-refractivity contribution in [3.63, 3.8) is 0 Å². The zero-order valence-corrected chi connectivity index (χ0v) is 17.8. The number of H-pyrrole nitrogens is 1. The maximum absolute atomic E-state index is 12.9. The number of halogens is 5. The van der Waals surface area contributed by atoms with Crippen molar-refractivity contribution in [1.29, 1.82) is 0 Å². The molecule has 2 heterocycles. The lowest BCUT2D eigenvalue weighted by Crippen LogP contribution is -2.21. The summed E-state index contributed by atoms with van der Waals surface area (Å²) in [4.78, 5) is 21.0. The fraction of sp³-hybridized carbons (Fsp3) is 0.300. The monoisotopic (exact) mass is 488 g/mol. The van der Waals surface area contributed by atoms with Crippen LogP contribution in [0.5, 0.6) is 0 Å². The van der Waals surface area contributed by atoms with Gasteiger partial charge in [-0.2, -0.15) is 32.1 Å². The Bertz CT molecular complexity index is 1210. The van der Waals surface area contributed by atoms with Crippen molar-refractivity contribution < 1.29 is 31.9 Å². The number of benzene rings is 1. The number of hydrogen-bond acceptors (Lipinski definition) is 5. The molecule has 9 nitrogen and oxygen atoms in total. The number of carboxylic acid groups (broad SMARTS) is 1. The van der Waals surface area contributed by atoms with Crippen LogP contribution in [0, 0.1) is 0 Å². The summed E-state index contributed by atoms with van der Waals surface area (Å²) in [6.07, 6.45) is -3.38. The van der Waals surface area contributed by atoms with Crippen LogP contribution < -0.4 is 11.4 Å². The molecule has 3 aromatic rings. The summed E-state index contributed by atoms with van der Waals surface area (Å²) in [6.45, 7) is 2.70. The van der Waals surface area contributed by atoms with Crippen LogP contribution in [0.4, 0.5) is 22.0 Å². The molecule has 3 rings (SSSR count). The SMILES string of the molecule is CCn1cc(-c2cccc(Cn3c(CC(CN)=C(F)F)n[nH]c3=O)c2)cn1.O=C(O)C(F)(F)F. The van der Waals surface area contributed by atoms with Gasteiger partial charge in [0.25, 0.3) is 6.08 Å². The maximum atomic E-state index is 12.9. The van der Waals surface area contributed by atoms with Gasteiger partial charge in [-0.15, -0.1) is 0 Å². The first-order valence-corrected chi connectivity index (χ1v) is 9.75. The summed E-state index contributed by atoms with van der Waals surface area (Å²) in [6, 6.07) is 7.64. The van der Waals surface area contributed by atoms with Crippen molar-refractivity contribution >= 4 is 5.97 Å². The minimum atomic E-state index is -5.08. The molecule has 0 saturated carbocycles. The quantitative estimate of drug-likeness (QED) is 0.438. The molecular formula is C20H21F5N6O3. The number of aryl methyl sites for hydroxylation is 1. The van der Waals surface area contributed by atoms with E-state index in [2.05, 4.69) is 15.3 Å². The second kappa shape index (κ2) is 11.4. The summed E-state index contributed by atoms with van der Waals surface area (Å²) in [5.74, 6) is -2.54. The molecule has 0 amide bonds. The van der Waals surface area contributed by atoms with E-state index in [9.17, 15) is 26.7 Å². The van der Waals surface area contributed by atoms with Gasteiger partial charge < -0.3 is 10.8 Å². The number of nitrogens with zero attached hydrogens (tertiary/aromatic N) is 4. The normalized spacial score (nSPS) is 11.0. The highest BCUT2D eigenvalue weighted by atomic mass is 19.4. The molecule has 2 aromatic heterocycles. The van der Waals surface area contributed by atoms with Gasteiger partial charge in [-0.3, -0.25) is 9.25 Å². The molecular weight excluding hydrogens is 467 g/mol. The van der Waals surface area contributed by atoms with E-state index in [0.717, 1.165) is 23.2 Å². The summed E-state index contributed by atoms with van der Waals surface area (Å²) in [5, 5.41) is 17.6. The molecule has 0 spiro atoms. The zero-order chi connectivity index (χ0) is 25.5. The van der Waals surface area contributed by atoms with Gasteiger partial charge in [0, 0.05) is 36.8 Å². The average molecular weight is 488 g/mol. The highest BCUT2D eigenvalue weighted by Gasteiger charge is 2.38. The number of aromatic nitrogens is 5. The van der Waals surface area contributed by atoms with Gasteiger partial charge >= 0.3 is 17.8 Å². The van der Waals surface area contributed by atoms with Crippen LogP contribution in [-0.2, 0) is 24.3 Å². The number of aliphatic carboxylic acids is 1. The van der Waals surface area contributed by atoms with Crippen LogP contribution >= 0.6 is 0 Å². The molecule has 0 unspecified atom stereocenters. The first-order chi connectivity index (χ1) is 16.0. The van der Waals surface area contributed by atoms with Crippen molar-refractivity contribution in [2.45, 2.75) is 32.6 Å². The van der Waals surface area contributed by atoms with Crippen LogP contribution in [0.15, 0.2) is 53.1 Å². The third-order valence-electron chi connectivity index (χ3n) is 4.52. The van der Waals surface area contributed by atoms with Crippen LogP contribution in [0.25, 0.3) is 11.1 Å². The lowest BCUT2D eigenvalue weighted by atomic mass is 10.1. The Morgan fingerprint density at radius 2 is 1.91 bits per heavy atom. The van der Waals surface area contributed by atoms with E-state index in [1.54, 1.807) is 6.20 Å². The predicted molar refractivity (Wildman–Crippen MR) is 111 cm³/mol. The maximum Gasteiger partial charge on any atom is 0.490 e. The molecule has 34 heavy (non-hydrogen) atoms. The molecule has 0 aliphatic heterocycles. The second-order valence-electron chi connectivity index (χ2n) is 6.86. The van der Waals surface area contributed by atoms with Crippen molar-refractivity contribution in [1.82, 2.24) is 24.5 Å². The van der Waals surface area contributed by atoms with Crippen molar-refractivity contribution in [3.05, 3.63) is 70.2 Å². The zero-order valence-electron chi connectivity index (χ0n) is 17.8. The number of aromatic amines is 1. The molecule has 0 bridgehead atoms. The number of nitrogens with one attached hydrogen (secondary N) is 1. The third-order valence-corrected chi connectivity index (χ3v) is 4.52. The summed E-state index contributed by atoms with van der Waals surface area (Å²) in [7, 11) is 0. The van der Waals surface area contributed by atoms with Gasteiger partial charge in [0.2, 0.25) is 0 Å². The van der Waals surface area contributed by atoms with E-state index in [-0.39, 0.29) is 30.9 Å². The smallest absolute Gasteiger partial charge is 0.475 e. The topological polar surface area (TPSA) is 132 Å². The minimum Gasteiger partial charge on any atom is -0.475 e. The van der Waals surface area contributed by atoms with E-state index in [1.165, 1.54) is 4.57 Å². The Morgan fingerprint density at radius 3 is 2.44 bits per heavy atom. The van der Waals surface area contributed by atoms with Gasteiger partial charge in [0.05, 0.1) is 12.7 Å². The molecule has 0 saturated heterocycles. The highest BCUT2D eigenvalue weighted by Crippen LogP contribution is 2.21. The van der Waals surface area contributed by atoms with Crippen LogP contribution in [-0.4, -0.2) is 48.3 Å². The molecule has 1 aromatic carbocycles. The largest absolute Gasteiger partial charge is 0.490 e. The van der Waals surface area contributed by atoms with Gasteiger partial charge in [-0.1, -0.05) is 18.2 Å². The van der Waals surface area contributed by atoms with E-state index in [4.69, 9.17) is 15.6 Å². The summed E-state index contributed by atoms with van der Waals surface area (Å²) in [5.41, 5.74) is 7.44. The number of alkyl halides is 3. The molecule has 0 aliphatic rings. The molecule has 14 heteroatoms. The second-order valence-corrected chi connectivity index (χ2v) is 6.86. The van der Waals surface area contributed by atoms with Crippen LogP contribution in [0.2, 0.25) is 0 Å². The number of carbonyl (C=O) groups is 1. The summed E-state index contributed by atoms with van der Waals surface area (Å²) < 4.78 is 60.7. The predicted octanol–water partition coefficient (Wildman–Crippen LogP) is 2.79. The Morgan fingerprint density at radius 1 is 1.24 bits per heavy atom. The molecule has 0 radical (unpaired) electrons. The fourth-order valence-corrected chi connectivity index (χ4v) is 2.77. The van der Waals surface area contributed by atoms with E-state index in [0.29, 0.717) is 0 Å². The minimum absolute atomic E-state index is 0.180. The Hall–Kier alpha value is -3.81. The Kier molecular flexibility index (Phi) is 8.83. The fourth-order valence-electron chi connectivity index (χ4n) is 2.77. The van der Waals surface area contributed by atoms with E-state index < -0.39 is 23.9 Å². The molecule has 184 valence electrons. The molecule has 0 aliphatic carbocycles. The van der Waals surface area contributed by atoms with Crippen molar-refractivity contribution in [3.8, 4) is 11.1 Å². The van der Waals surface area contributed by atoms with Gasteiger partial charge in [-0.05, 0) is 24.1 Å². The third kappa shape index (κ3) is 7.10. The number of hydrogen-bond donors (Lipinski definition) is 3. The molecule has 4 N–H and O–H groups in total. The number of carboxylic acids is 1. The highest BCUT2D eigenvalue weighted by molar-refractivity contribution is 5.73. The number of nitrogens with two attached hydrogens (primary N) is 1. The van der Waals surface area contributed by atoms with Gasteiger partial charge in [0.15, 0.2) is 0 Å². The standard InChI is InChI=1S/C18H20F2N6O.C2HF3O2/c1-2-25-11-15(9-22-25)13-5-3-4-12(6-13)10-26-16(23-24-18(26)27)7-14(8-21)17(19)20;3-2(4,5)1(6)7/h3-6,9,11H,2,7-8,10,21H2,1H3,(H,24,27);(H,6,7). The van der Waals surface area contributed by atoms with Crippen molar-refractivity contribution in [2.24, 2.45) is 5.73 Å².